The Morgan fingerprint density at radius 3 is 2.44 bits per heavy atom. The van der Waals surface area contributed by atoms with Crippen molar-refractivity contribution in [3.63, 3.8) is 0 Å². The lowest BCUT2D eigenvalue weighted by molar-refractivity contribution is 0.600. The number of aryl methyl sites for hydroxylation is 3. The first kappa shape index (κ1) is 17.8. The second-order valence-electron chi connectivity index (χ2n) is 6.61. The minimum Gasteiger partial charge on any atom is -0.294 e. The van der Waals surface area contributed by atoms with Gasteiger partial charge in [-0.1, -0.05) is 29.8 Å². The fourth-order valence-electron chi connectivity index (χ4n) is 3.05. The van der Waals surface area contributed by atoms with Gasteiger partial charge in [-0.3, -0.25) is 9.12 Å². The predicted octanol–water partition coefficient (Wildman–Crippen LogP) is 4.79. The van der Waals surface area contributed by atoms with Crippen LogP contribution in [0.25, 0.3) is 16.2 Å². The van der Waals surface area contributed by atoms with Crippen molar-refractivity contribution in [2.45, 2.75) is 25.7 Å². The Morgan fingerprint density at radius 2 is 1.78 bits per heavy atom. The molecule has 0 aliphatic heterocycles. The number of benzene rings is 2. The molecule has 0 aliphatic rings. The topological polar surface area (TPSA) is 63.5 Å². The van der Waals surface area contributed by atoms with E-state index < -0.39 is 10.0 Å². The highest BCUT2D eigenvalue weighted by Gasteiger charge is 2.17. The van der Waals surface area contributed by atoms with E-state index in [1.807, 2.05) is 38.2 Å². The summed E-state index contributed by atoms with van der Waals surface area (Å²) in [6.45, 7) is 5.79. The van der Waals surface area contributed by atoms with E-state index in [1.54, 1.807) is 42.5 Å². The van der Waals surface area contributed by atoms with Crippen LogP contribution >= 0.6 is 11.3 Å². The average molecular weight is 398 g/mol. The van der Waals surface area contributed by atoms with Crippen LogP contribution in [0.5, 0.6) is 0 Å². The molecule has 2 heterocycles. The standard InChI is InChI=1S/C20H19N3O2S2/c1-13-4-9-19(14(2)10-13)27(24,25)22-17-7-5-16(6-8-17)18-11-23-15(3)12-26-20(23)21-18/h4-12,22H,1-3H3. The fraction of sp³-hybridized carbons (Fsp3) is 0.150. The first-order chi connectivity index (χ1) is 12.8. The van der Waals surface area contributed by atoms with E-state index >= 15 is 0 Å². The third kappa shape index (κ3) is 3.36. The van der Waals surface area contributed by atoms with Crippen LogP contribution in [0.3, 0.4) is 0 Å². The van der Waals surface area contributed by atoms with Gasteiger partial charge < -0.3 is 0 Å². The molecule has 2 aromatic heterocycles. The summed E-state index contributed by atoms with van der Waals surface area (Å²) in [6, 6.07) is 12.6. The second kappa shape index (κ2) is 6.51. The van der Waals surface area contributed by atoms with Gasteiger partial charge in [-0.2, -0.15) is 0 Å². The van der Waals surface area contributed by atoms with Gasteiger partial charge >= 0.3 is 0 Å². The van der Waals surface area contributed by atoms with E-state index in [2.05, 4.69) is 19.5 Å². The van der Waals surface area contributed by atoms with Crippen molar-refractivity contribution in [1.82, 2.24) is 9.38 Å². The van der Waals surface area contributed by atoms with Crippen LogP contribution in [0.4, 0.5) is 5.69 Å². The normalized spacial score (nSPS) is 11.8. The molecule has 0 saturated heterocycles. The molecule has 0 aliphatic carbocycles. The van der Waals surface area contributed by atoms with Crippen molar-refractivity contribution in [3.05, 3.63) is 70.9 Å². The molecular formula is C20H19N3O2S2. The Morgan fingerprint density at radius 1 is 1.04 bits per heavy atom. The largest absolute Gasteiger partial charge is 0.294 e. The number of nitrogens with one attached hydrogen (secondary N) is 1. The molecule has 1 N–H and O–H groups in total. The van der Waals surface area contributed by atoms with Crippen LogP contribution in [-0.2, 0) is 10.0 Å². The van der Waals surface area contributed by atoms with Gasteiger partial charge in [0, 0.05) is 28.5 Å². The van der Waals surface area contributed by atoms with Gasteiger partial charge in [-0.15, -0.1) is 11.3 Å². The van der Waals surface area contributed by atoms with Crippen molar-refractivity contribution in [2.24, 2.45) is 0 Å². The lowest BCUT2D eigenvalue weighted by Gasteiger charge is -2.11. The predicted molar refractivity (Wildman–Crippen MR) is 110 cm³/mol. The maximum atomic E-state index is 12.7. The van der Waals surface area contributed by atoms with Crippen LogP contribution in [0.1, 0.15) is 16.8 Å². The van der Waals surface area contributed by atoms with Gasteiger partial charge in [0.15, 0.2) is 4.96 Å². The van der Waals surface area contributed by atoms with Gasteiger partial charge in [-0.05, 0) is 44.5 Å². The second-order valence-corrected chi connectivity index (χ2v) is 9.09. The Bertz CT molecular complexity index is 1240. The molecular weight excluding hydrogens is 378 g/mol. The quantitative estimate of drug-likeness (QED) is 0.538. The van der Waals surface area contributed by atoms with Crippen LogP contribution in [0, 0.1) is 20.8 Å². The molecule has 0 unspecified atom stereocenters. The van der Waals surface area contributed by atoms with Crippen molar-refractivity contribution in [2.75, 3.05) is 4.72 Å². The number of anilines is 1. The maximum Gasteiger partial charge on any atom is 0.262 e. The number of fused-ring (bicyclic) bond motifs is 1. The highest BCUT2D eigenvalue weighted by molar-refractivity contribution is 7.92. The highest BCUT2D eigenvalue weighted by atomic mass is 32.2. The number of nitrogens with zero attached hydrogens (tertiary/aromatic N) is 2. The molecule has 4 aromatic rings. The summed E-state index contributed by atoms with van der Waals surface area (Å²) in [7, 11) is -3.62. The summed E-state index contributed by atoms with van der Waals surface area (Å²) in [5.41, 5.74) is 5.25. The van der Waals surface area contributed by atoms with Gasteiger partial charge in [0.2, 0.25) is 0 Å². The number of thiazole rings is 1. The molecule has 0 bridgehead atoms. The van der Waals surface area contributed by atoms with Crippen molar-refractivity contribution in [3.8, 4) is 11.3 Å². The summed E-state index contributed by atoms with van der Waals surface area (Å²) >= 11 is 1.60. The zero-order valence-electron chi connectivity index (χ0n) is 15.2. The third-order valence-electron chi connectivity index (χ3n) is 4.44. The minimum absolute atomic E-state index is 0.294. The molecule has 0 atom stereocenters. The van der Waals surface area contributed by atoms with E-state index in [0.717, 1.165) is 33.0 Å². The molecule has 138 valence electrons. The lowest BCUT2D eigenvalue weighted by atomic mass is 10.1. The van der Waals surface area contributed by atoms with Gasteiger partial charge in [0.1, 0.15) is 0 Å². The number of hydrogen-bond donors (Lipinski definition) is 1. The number of aromatic nitrogens is 2. The van der Waals surface area contributed by atoms with Crippen molar-refractivity contribution >= 4 is 32.0 Å². The summed E-state index contributed by atoms with van der Waals surface area (Å²) < 4.78 is 30.1. The Kier molecular flexibility index (Phi) is 4.28. The number of hydrogen-bond acceptors (Lipinski definition) is 4. The minimum atomic E-state index is -3.62. The first-order valence-corrected chi connectivity index (χ1v) is 10.8. The zero-order valence-corrected chi connectivity index (χ0v) is 16.9. The van der Waals surface area contributed by atoms with E-state index in [0.29, 0.717) is 10.6 Å². The highest BCUT2D eigenvalue weighted by Crippen LogP contribution is 2.26. The molecule has 2 aromatic carbocycles. The molecule has 0 saturated carbocycles. The van der Waals surface area contributed by atoms with E-state index in [4.69, 9.17) is 0 Å². The summed E-state index contributed by atoms with van der Waals surface area (Å²) in [5.74, 6) is 0. The average Bonchev–Trinajstić information content (AvgIpc) is 3.17. The fourth-order valence-corrected chi connectivity index (χ4v) is 5.19. The van der Waals surface area contributed by atoms with E-state index in [-0.39, 0.29) is 0 Å². The van der Waals surface area contributed by atoms with E-state index in [9.17, 15) is 8.42 Å². The Hall–Kier alpha value is -2.64. The molecule has 0 fully saturated rings. The zero-order chi connectivity index (χ0) is 19.2. The summed E-state index contributed by atoms with van der Waals surface area (Å²) in [6.07, 6.45) is 2.00. The number of imidazole rings is 1. The van der Waals surface area contributed by atoms with Crippen LogP contribution < -0.4 is 4.72 Å². The Labute approximate surface area is 162 Å². The Balaban J connectivity index is 1.60. The summed E-state index contributed by atoms with van der Waals surface area (Å²) in [4.78, 5) is 5.86. The van der Waals surface area contributed by atoms with Crippen LogP contribution in [-0.4, -0.2) is 17.8 Å². The van der Waals surface area contributed by atoms with E-state index in [1.165, 1.54) is 0 Å². The molecule has 0 radical (unpaired) electrons. The first-order valence-electron chi connectivity index (χ1n) is 8.47. The molecule has 27 heavy (non-hydrogen) atoms. The van der Waals surface area contributed by atoms with Gasteiger partial charge in [0.05, 0.1) is 10.6 Å². The van der Waals surface area contributed by atoms with Crippen LogP contribution in [0.15, 0.2) is 58.9 Å². The summed E-state index contributed by atoms with van der Waals surface area (Å²) in [5, 5.41) is 2.07. The van der Waals surface area contributed by atoms with Crippen LogP contribution in [0.2, 0.25) is 0 Å². The van der Waals surface area contributed by atoms with Crippen molar-refractivity contribution in [1.29, 1.82) is 0 Å². The van der Waals surface area contributed by atoms with Gasteiger partial charge in [-0.25, -0.2) is 13.4 Å². The van der Waals surface area contributed by atoms with Crippen molar-refractivity contribution < 1.29 is 8.42 Å². The molecule has 5 nitrogen and oxygen atoms in total. The third-order valence-corrected chi connectivity index (χ3v) is 6.94. The molecule has 4 rings (SSSR count). The monoisotopic (exact) mass is 397 g/mol. The molecule has 0 amide bonds. The van der Waals surface area contributed by atoms with Gasteiger partial charge in [0.25, 0.3) is 10.0 Å². The molecule has 7 heteroatoms. The maximum absolute atomic E-state index is 12.7. The number of rotatable bonds is 4. The molecule has 0 spiro atoms. The number of sulfonamides is 1. The smallest absolute Gasteiger partial charge is 0.262 e. The lowest BCUT2D eigenvalue weighted by Crippen LogP contribution is -2.14. The SMILES string of the molecule is Cc1ccc(S(=O)(=O)Nc2ccc(-c3cn4c(C)csc4n3)cc2)c(C)c1.